The van der Waals surface area contributed by atoms with E-state index in [1.54, 1.807) is 32.9 Å². The summed E-state index contributed by atoms with van der Waals surface area (Å²) >= 11 is 0. The second kappa shape index (κ2) is 3.58. The lowest BCUT2D eigenvalue weighted by molar-refractivity contribution is -0.0504. The molecule has 3 heteroatoms. The van der Waals surface area contributed by atoms with Gasteiger partial charge in [0.25, 0.3) is 5.92 Å². The molecule has 1 nitrogen and oxygen atoms in total. The Balaban J connectivity index is 2.73. The molecule has 0 bridgehead atoms. The van der Waals surface area contributed by atoms with Crippen LogP contribution in [0.2, 0.25) is 0 Å². The lowest BCUT2D eigenvalue weighted by Crippen LogP contribution is -2.21. The molecular formula is C13H15F2N. The summed E-state index contributed by atoms with van der Waals surface area (Å²) < 4.78 is 28.2. The number of aromatic nitrogens is 1. The second-order valence-corrected chi connectivity index (χ2v) is 4.45. The van der Waals surface area contributed by atoms with Crippen LogP contribution in [0.4, 0.5) is 8.78 Å². The van der Waals surface area contributed by atoms with E-state index in [9.17, 15) is 8.78 Å². The van der Waals surface area contributed by atoms with E-state index in [1.165, 1.54) is 0 Å². The summed E-state index contributed by atoms with van der Waals surface area (Å²) in [5, 5.41) is 0.624. The van der Waals surface area contributed by atoms with Crippen LogP contribution in [0.1, 0.15) is 25.1 Å². The highest BCUT2D eigenvalue weighted by Crippen LogP contribution is 2.41. The van der Waals surface area contributed by atoms with Crippen molar-refractivity contribution in [2.24, 2.45) is 5.92 Å². The van der Waals surface area contributed by atoms with Crippen LogP contribution in [0, 0.1) is 12.8 Å². The molecule has 0 unspecified atom stereocenters. The van der Waals surface area contributed by atoms with E-state index < -0.39 is 11.8 Å². The van der Waals surface area contributed by atoms with Crippen molar-refractivity contribution in [3.05, 3.63) is 35.5 Å². The first-order chi connectivity index (χ1) is 7.44. The summed E-state index contributed by atoms with van der Waals surface area (Å²) in [6.45, 7) is 4.79. The van der Waals surface area contributed by atoms with Crippen LogP contribution in [0.15, 0.2) is 24.3 Å². The van der Waals surface area contributed by atoms with Gasteiger partial charge in [-0.05, 0) is 13.0 Å². The normalized spacial score (nSPS) is 12.6. The van der Waals surface area contributed by atoms with E-state index in [2.05, 4.69) is 4.98 Å². The van der Waals surface area contributed by atoms with Crippen molar-refractivity contribution < 1.29 is 8.78 Å². The number of aromatic amines is 1. The fraction of sp³-hybridized carbons (Fsp3) is 0.385. The quantitative estimate of drug-likeness (QED) is 0.784. The summed E-state index contributed by atoms with van der Waals surface area (Å²) in [6.07, 6.45) is 0. The average Bonchev–Trinajstić information content (AvgIpc) is 2.53. The van der Waals surface area contributed by atoms with Gasteiger partial charge in [-0.3, -0.25) is 0 Å². The number of hydrogen-bond acceptors (Lipinski definition) is 0. The summed E-state index contributed by atoms with van der Waals surface area (Å²) in [6, 6.07) is 7.19. The molecule has 0 saturated heterocycles. The van der Waals surface area contributed by atoms with Gasteiger partial charge in [0.05, 0.1) is 0 Å². The summed E-state index contributed by atoms with van der Waals surface area (Å²) in [7, 11) is 0. The topological polar surface area (TPSA) is 15.8 Å². The van der Waals surface area contributed by atoms with Gasteiger partial charge in [0, 0.05) is 28.1 Å². The highest BCUT2D eigenvalue weighted by molar-refractivity contribution is 5.85. The first-order valence-corrected chi connectivity index (χ1v) is 5.40. The van der Waals surface area contributed by atoms with Crippen molar-refractivity contribution in [3.8, 4) is 0 Å². The molecule has 0 amide bonds. The predicted molar refractivity (Wildman–Crippen MR) is 61.8 cm³/mol. The summed E-state index contributed by atoms with van der Waals surface area (Å²) in [5.41, 5.74) is 1.47. The highest BCUT2D eigenvalue weighted by Gasteiger charge is 2.39. The lowest BCUT2D eigenvalue weighted by atomic mass is 9.95. The molecule has 16 heavy (non-hydrogen) atoms. The molecule has 0 fully saturated rings. The van der Waals surface area contributed by atoms with Crippen LogP contribution in [0.5, 0.6) is 0 Å². The molecule has 1 aromatic carbocycles. The molecule has 0 atom stereocenters. The van der Waals surface area contributed by atoms with Gasteiger partial charge in [-0.1, -0.05) is 32.0 Å². The molecule has 0 saturated carbocycles. The van der Waals surface area contributed by atoms with Crippen molar-refractivity contribution in [2.75, 3.05) is 0 Å². The molecule has 0 radical (unpaired) electrons. The molecule has 0 aliphatic rings. The van der Waals surface area contributed by atoms with Crippen LogP contribution >= 0.6 is 0 Å². The molecular weight excluding hydrogens is 208 g/mol. The zero-order chi connectivity index (χ0) is 11.9. The van der Waals surface area contributed by atoms with E-state index in [4.69, 9.17) is 0 Å². The molecule has 1 N–H and O–H groups in total. The molecule has 1 aromatic heterocycles. The third-order valence-electron chi connectivity index (χ3n) is 2.95. The van der Waals surface area contributed by atoms with Crippen molar-refractivity contribution in [1.82, 2.24) is 4.98 Å². The molecule has 1 heterocycles. The van der Waals surface area contributed by atoms with Crippen LogP contribution in [-0.2, 0) is 5.92 Å². The van der Waals surface area contributed by atoms with Gasteiger partial charge in [-0.2, -0.15) is 0 Å². The molecule has 0 aliphatic heterocycles. The minimum absolute atomic E-state index is 0.137. The Kier molecular flexibility index (Phi) is 2.49. The minimum Gasteiger partial charge on any atom is -0.358 e. The Morgan fingerprint density at radius 3 is 2.44 bits per heavy atom. The van der Waals surface area contributed by atoms with Crippen LogP contribution in [0.3, 0.4) is 0 Å². The largest absolute Gasteiger partial charge is 0.358 e. The number of H-pyrrole nitrogens is 1. The Hall–Kier alpha value is -1.38. The van der Waals surface area contributed by atoms with Gasteiger partial charge in [-0.15, -0.1) is 0 Å². The van der Waals surface area contributed by atoms with Gasteiger partial charge in [-0.25, -0.2) is 8.78 Å². The first kappa shape index (κ1) is 11.1. The predicted octanol–water partition coefficient (Wildman–Crippen LogP) is 4.22. The van der Waals surface area contributed by atoms with Gasteiger partial charge >= 0.3 is 0 Å². The number of hydrogen-bond donors (Lipinski definition) is 1. The molecule has 2 rings (SSSR count). The van der Waals surface area contributed by atoms with E-state index in [0.29, 0.717) is 11.1 Å². The van der Waals surface area contributed by atoms with Crippen LogP contribution in [0.25, 0.3) is 10.9 Å². The number of benzene rings is 1. The Morgan fingerprint density at radius 1 is 1.19 bits per heavy atom. The lowest BCUT2D eigenvalue weighted by Gasteiger charge is -2.21. The third kappa shape index (κ3) is 1.51. The van der Waals surface area contributed by atoms with Gasteiger partial charge in [0.15, 0.2) is 0 Å². The summed E-state index contributed by atoms with van der Waals surface area (Å²) in [5.74, 6) is -3.49. The SMILES string of the molecule is Cc1[nH]c2ccccc2c1C(F)(F)C(C)C. The van der Waals surface area contributed by atoms with Crippen molar-refractivity contribution in [3.63, 3.8) is 0 Å². The maximum absolute atomic E-state index is 14.1. The zero-order valence-electron chi connectivity index (χ0n) is 9.64. The maximum atomic E-state index is 14.1. The highest BCUT2D eigenvalue weighted by atomic mass is 19.3. The Morgan fingerprint density at radius 2 is 1.81 bits per heavy atom. The first-order valence-electron chi connectivity index (χ1n) is 5.40. The van der Waals surface area contributed by atoms with Crippen molar-refractivity contribution in [1.29, 1.82) is 0 Å². The zero-order valence-corrected chi connectivity index (χ0v) is 9.64. The molecule has 0 spiro atoms. The number of rotatable bonds is 2. The third-order valence-corrected chi connectivity index (χ3v) is 2.95. The number of halogens is 2. The number of alkyl halides is 2. The van der Waals surface area contributed by atoms with Crippen LogP contribution < -0.4 is 0 Å². The summed E-state index contributed by atoms with van der Waals surface area (Å²) in [4.78, 5) is 3.01. The van der Waals surface area contributed by atoms with E-state index in [-0.39, 0.29) is 5.56 Å². The number of nitrogens with one attached hydrogen (secondary N) is 1. The van der Waals surface area contributed by atoms with Gasteiger partial charge in [0.2, 0.25) is 0 Å². The maximum Gasteiger partial charge on any atom is 0.277 e. The smallest absolute Gasteiger partial charge is 0.277 e. The fourth-order valence-corrected chi connectivity index (χ4v) is 1.99. The number of fused-ring (bicyclic) bond motifs is 1. The van der Waals surface area contributed by atoms with Crippen LogP contribution in [-0.4, -0.2) is 4.98 Å². The standard InChI is InChI=1S/C13H15F2N/c1-8(2)13(14,15)12-9(3)16-11-7-5-4-6-10(11)12/h4-8,16H,1-3H3. The Labute approximate surface area is 93.5 Å². The number of aryl methyl sites for hydroxylation is 1. The Bertz CT molecular complexity index is 512. The van der Waals surface area contributed by atoms with E-state index in [0.717, 1.165) is 5.52 Å². The molecule has 2 aromatic rings. The van der Waals surface area contributed by atoms with E-state index in [1.807, 2.05) is 12.1 Å². The van der Waals surface area contributed by atoms with E-state index >= 15 is 0 Å². The average molecular weight is 223 g/mol. The van der Waals surface area contributed by atoms with Crippen molar-refractivity contribution in [2.45, 2.75) is 26.7 Å². The van der Waals surface area contributed by atoms with Crippen molar-refractivity contribution >= 4 is 10.9 Å². The molecule has 86 valence electrons. The fourth-order valence-electron chi connectivity index (χ4n) is 1.99. The minimum atomic E-state index is -2.79. The second-order valence-electron chi connectivity index (χ2n) is 4.45. The van der Waals surface area contributed by atoms with Gasteiger partial charge < -0.3 is 4.98 Å². The molecule has 0 aliphatic carbocycles. The number of para-hydroxylation sites is 1. The monoisotopic (exact) mass is 223 g/mol. The van der Waals surface area contributed by atoms with Gasteiger partial charge in [0.1, 0.15) is 0 Å².